The Morgan fingerprint density at radius 2 is 2.08 bits per heavy atom. The molecule has 0 bridgehead atoms. The lowest BCUT2D eigenvalue weighted by Crippen LogP contribution is -2.36. The molecule has 7 nitrogen and oxygen atoms in total. The first kappa shape index (κ1) is 19.1. The van der Waals surface area contributed by atoms with E-state index in [2.05, 4.69) is 0 Å². The van der Waals surface area contributed by atoms with Crippen LogP contribution in [-0.2, 0) is 9.59 Å². The lowest BCUT2D eigenvalue weighted by Gasteiger charge is -2.15. The van der Waals surface area contributed by atoms with Crippen LogP contribution in [-0.4, -0.2) is 41.7 Å². The average molecular weight is 385 g/mol. The minimum atomic E-state index is -0.761. The van der Waals surface area contributed by atoms with Crippen molar-refractivity contribution in [3.63, 3.8) is 0 Å². The molecule has 1 saturated heterocycles. The van der Waals surface area contributed by atoms with Gasteiger partial charge in [-0.3, -0.25) is 19.3 Å². The van der Waals surface area contributed by atoms with Crippen LogP contribution < -0.4 is 15.2 Å². The fourth-order valence-corrected chi connectivity index (χ4v) is 3.22. The lowest BCUT2D eigenvalue weighted by molar-refractivity contribution is -0.127. The molecule has 1 aromatic rings. The smallest absolute Gasteiger partial charge is 0.294 e. The van der Waals surface area contributed by atoms with Crippen molar-refractivity contribution in [3.8, 4) is 11.5 Å². The second-order valence-electron chi connectivity index (χ2n) is 5.43. The summed E-state index contributed by atoms with van der Waals surface area (Å²) in [5.74, 6) is -0.531. The third-order valence-electron chi connectivity index (χ3n) is 3.09. The zero-order chi connectivity index (χ0) is 18.7. The molecule has 9 heteroatoms. The second kappa shape index (κ2) is 7.79. The molecule has 1 heterocycles. The van der Waals surface area contributed by atoms with Crippen LogP contribution in [0, 0.1) is 0 Å². The first-order chi connectivity index (χ1) is 11.7. The maximum absolute atomic E-state index is 12.2. The van der Waals surface area contributed by atoms with Gasteiger partial charge in [-0.05, 0) is 49.4 Å². The van der Waals surface area contributed by atoms with E-state index < -0.39 is 23.6 Å². The van der Waals surface area contributed by atoms with Gasteiger partial charge in [-0.1, -0.05) is 11.6 Å². The van der Waals surface area contributed by atoms with E-state index in [4.69, 9.17) is 26.8 Å². The molecule has 0 saturated carbocycles. The summed E-state index contributed by atoms with van der Waals surface area (Å²) >= 11 is 6.97. The first-order valence-electron chi connectivity index (χ1n) is 7.30. The van der Waals surface area contributed by atoms with E-state index >= 15 is 0 Å². The molecule has 1 aliphatic heterocycles. The van der Waals surface area contributed by atoms with E-state index in [0.717, 1.165) is 16.7 Å². The predicted octanol–water partition coefficient (Wildman–Crippen LogP) is 2.66. The number of halogens is 1. The molecular weight excluding hydrogens is 368 g/mol. The number of carbonyl (C=O) groups excluding carboxylic acids is 3. The van der Waals surface area contributed by atoms with Gasteiger partial charge in [-0.25, -0.2) is 0 Å². The van der Waals surface area contributed by atoms with Crippen molar-refractivity contribution in [1.82, 2.24) is 4.90 Å². The Kier molecular flexibility index (Phi) is 5.97. The Morgan fingerprint density at radius 1 is 1.40 bits per heavy atom. The Hall–Kier alpha value is -2.19. The van der Waals surface area contributed by atoms with Crippen LogP contribution in [0.2, 0.25) is 5.02 Å². The number of hydrogen-bond acceptors (Lipinski definition) is 6. The summed E-state index contributed by atoms with van der Waals surface area (Å²) in [7, 11) is 1.48. The number of primary amides is 1. The molecule has 2 rings (SSSR count). The minimum Gasteiger partial charge on any atom is -0.493 e. The summed E-state index contributed by atoms with van der Waals surface area (Å²) < 4.78 is 10.9. The summed E-state index contributed by atoms with van der Waals surface area (Å²) in [5.41, 5.74) is 5.61. The van der Waals surface area contributed by atoms with Crippen molar-refractivity contribution < 1.29 is 23.9 Å². The Balaban J connectivity index is 2.35. The van der Waals surface area contributed by atoms with Gasteiger partial charge >= 0.3 is 0 Å². The van der Waals surface area contributed by atoms with Gasteiger partial charge in [0.15, 0.2) is 11.5 Å². The molecule has 2 N–H and O–H groups in total. The van der Waals surface area contributed by atoms with Crippen LogP contribution >= 0.6 is 23.4 Å². The number of ether oxygens (including phenoxy) is 2. The van der Waals surface area contributed by atoms with Gasteiger partial charge in [0.05, 0.1) is 23.1 Å². The number of hydrogen-bond donors (Lipinski definition) is 1. The molecule has 25 heavy (non-hydrogen) atoms. The highest BCUT2D eigenvalue weighted by Crippen LogP contribution is 2.39. The summed E-state index contributed by atoms with van der Waals surface area (Å²) in [6.45, 7) is 3.27. The number of thioether (sulfide) groups is 1. The monoisotopic (exact) mass is 384 g/mol. The van der Waals surface area contributed by atoms with Crippen molar-refractivity contribution in [3.05, 3.63) is 27.6 Å². The number of methoxy groups -OCH3 is 1. The molecule has 0 unspecified atom stereocenters. The number of benzene rings is 1. The fraction of sp³-hybridized carbons (Fsp3) is 0.312. The number of nitrogens with two attached hydrogens (primary N) is 1. The third kappa shape index (κ3) is 4.46. The van der Waals surface area contributed by atoms with Gasteiger partial charge in [0.1, 0.15) is 6.54 Å². The van der Waals surface area contributed by atoms with Gasteiger partial charge in [-0.2, -0.15) is 0 Å². The number of rotatable bonds is 6. The number of imide groups is 1. The van der Waals surface area contributed by atoms with Gasteiger partial charge in [0, 0.05) is 0 Å². The molecule has 0 radical (unpaired) electrons. The molecule has 1 fully saturated rings. The van der Waals surface area contributed by atoms with Gasteiger partial charge < -0.3 is 15.2 Å². The molecule has 0 spiro atoms. The highest BCUT2D eigenvalue weighted by Gasteiger charge is 2.35. The Bertz CT molecular complexity index is 763. The third-order valence-corrected chi connectivity index (χ3v) is 4.28. The molecule has 0 atom stereocenters. The van der Waals surface area contributed by atoms with E-state index in [1.54, 1.807) is 12.1 Å². The lowest BCUT2D eigenvalue weighted by atomic mass is 10.1. The zero-order valence-corrected chi connectivity index (χ0v) is 15.4. The Morgan fingerprint density at radius 3 is 2.64 bits per heavy atom. The maximum atomic E-state index is 12.2. The first-order valence-corrected chi connectivity index (χ1v) is 8.50. The predicted molar refractivity (Wildman–Crippen MR) is 95.6 cm³/mol. The SMILES string of the molecule is COc1cc(/C=C2\SC(=O)N(CC(N)=O)C2=O)cc(Cl)c1OC(C)C. The molecular formula is C16H17ClN2O5S. The van der Waals surface area contributed by atoms with Crippen LogP contribution in [0.1, 0.15) is 19.4 Å². The van der Waals surface area contributed by atoms with Crippen LogP contribution in [0.3, 0.4) is 0 Å². The Labute approximate surface area is 154 Å². The quantitative estimate of drug-likeness (QED) is 0.757. The zero-order valence-electron chi connectivity index (χ0n) is 13.9. The molecule has 3 amide bonds. The minimum absolute atomic E-state index is 0.0949. The average Bonchev–Trinajstić information content (AvgIpc) is 2.76. The standard InChI is InChI=1S/C16H17ClN2O5S/c1-8(2)24-14-10(17)4-9(5-11(14)23-3)6-12-15(21)19(7-13(18)20)16(22)25-12/h4-6,8H,7H2,1-3H3,(H2,18,20)/b12-6-. The largest absolute Gasteiger partial charge is 0.493 e. The summed E-state index contributed by atoms with van der Waals surface area (Å²) in [5, 5.41) is -0.233. The van der Waals surface area contributed by atoms with Crippen molar-refractivity contribution in [2.45, 2.75) is 20.0 Å². The van der Waals surface area contributed by atoms with Crippen molar-refractivity contribution in [2.75, 3.05) is 13.7 Å². The van der Waals surface area contributed by atoms with Gasteiger partial charge in [0.25, 0.3) is 11.1 Å². The summed E-state index contributed by atoms with van der Waals surface area (Å²) in [6, 6.07) is 3.25. The molecule has 134 valence electrons. The number of carbonyl (C=O) groups is 3. The van der Waals surface area contributed by atoms with E-state index in [0.29, 0.717) is 22.1 Å². The molecule has 1 aromatic carbocycles. The van der Waals surface area contributed by atoms with E-state index in [-0.39, 0.29) is 11.0 Å². The van der Waals surface area contributed by atoms with Crippen molar-refractivity contribution in [2.24, 2.45) is 5.73 Å². The normalized spacial score (nSPS) is 16.0. The van der Waals surface area contributed by atoms with E-state index in [1.807, 2.05) is 13.8 Å². The fourth-order valence-electron chi connectivity index (χ4n) is 2.12. The van der Waals surface area contributed by atoms with Gasteiger partial charge in [0.2, 0.25) is 5.91 Å². The second-order valence-corrected chi connectivity index (χ2v) is 6.84. The molecule has 0 aliphatic carbocycles. The highest BCUT2D eigenvalue weighted by atomic mass is 35.5. The van der Waals surface area contributed by atoms with Crippen molar-refractivity contribution >= 4 is 46.5 Å². The van der Waals surface area contributed by atoms with E-state index in [9.17, 15) is 14.4 Å². The summed E-state index contributed by atoms with van der Waals surface area (Å²) in [4.78, 5) is 36.0. The van der Waals surface area contributed by atoms with Crippen molar-refractivity contribution in [1.29, 1.82) is 0 Å². The molecule has 0 aromatic heterocycles. The van der Waals surface area contributed by atoms with Crippen LogP contribution in [0.25, 0.3) is 6.08 Å². The van der Waals surface area contributed by atoms with Crippen LogP contribution in [0.4, 0.5) is 4.79 Å². The summed E-state index contributed by atoms with van der Waals surface area (Å²) in [6.07, 6.45) is 1.40. The number of nitrogens with zero attached hydrogens (tertiary/aromatic N) is 1. The van der Waals surface area contributed by atoms with Crippen LogP contribution in [0.15, 0.2) is 17.0 Å². The maximum Gasteiger partial charge on any atom is 0.294 e. The highest BCUT2D eigenvalue weighted by molar-refractivity contribution is 8.18. The van der Waals surface area contributed by atoms with Gasteiger partial charge in [-0.15, -0.1) is 0 Å². The number of amides is 3. The van der Waals surface area contributed by atoms with E-state index in [1.165, 1.54) is 13.2 Å². The topological polar surface area (TPSA) is 98.9 Å². The van der Waals surface area contributed by atoms with Crippen LogP contribution in [0.5, 0.6) is 11.5 Å². The molecule has 1 aliphatic rings.